The van der Waals surface area contributed by atoms with Crippen molar-refractivity contribution in [3.05, 3.63) is 11.8 Å². The summed E-state index contributed by atoms with van der Waals surface area (Å²) in [5.74, 6) is 0.620. The lowest BCUT2D eigenvalue weighted by atomic mass is 10.3. The molecule has 0 saturated carbocycles. The number of hydrogen-bond acceptors (Lipinski definition) is 5. The van der Waals surface area contributed by atoms with Crippen LogP contribution in [0.5, 0.6) is 0 Å². The molecule has 0 aliphatic rings. The number of nitrogens with zero attached hydrogens (tertiary/aromatic N) is 3. The highest BCUT2D eigenvalue weighted by Crippen LogP contribution is 2.07. The van der Waals surface area contributed by atoms with Crippen molar-refractivity contribution in [2.24, 2.45) is 0 Å². The van der Waals surface area contributed by atoms with Gasteiger partial charge in [-0.3, -0.25) is 4.79 Å². The maximum Gasteiger partial charge on any atom is 0.319 e. The number of carbonyl (C=O) groups excluding carboxylic acids is 2. The number of nitrogens with one attached hydrogen (secondary N) is 1. The van der Waals surface area contributed by atoms with Crippen LogP contribution in [0.1, 0.15) is 12.2 Å². The number of hydrogen-bond donors (Lipinski definition) is 1. The fourth-order valence-corrected chi connectivity index (χ4v) is 1.71. The fourth-order valence-electron chi connectivity index (χ4n) is 1.71. The normalized spacial score (nSPS) is 10.3. The molecule has 0 spiro atoms. The molecule has 0 fully saturated rings. The predicted molar refractivity (Wildman–Crippen MR) is 77.0 cm³/mol. The highest BCUT2D eigenvalue weighted by Gasteiger charge is 2.19. The van der Waals surface area contributed by atoms with Gasteiger partial charge in [0.15, 0.2) is 5.82 Å². The zero-order chi connectivity index (χ0) is 15.8. The Balaban J connectivity index is 2.57. The second-order valence-electron chi connectivity index (χ2n) is 4.82. The summed E-state index contributed by atoms with van der Waals surface area (Å²) in [4.78, 5) is 26.9. The topological polar surface area (TPSA) is 87.9 Å². The van der Waals surface area contributed by atoms with E-state index >= 15 is 0 Å². The van der Waals surface area contributed by atoms with E-state index in [-0.39, 0.29) is 18.5 Å². The summed E-state index contributed by atoms with van der Waals surface area (Å²) >= 11 is 0. The molecular formula is C13H22N4O4. The van der Waals surface area contributed by atoms with E-state index in [1.165, 1.54) is 9.80 Å². The van der Waals surface area contributed by atoms with Crippen LogP contribution in [0.15, 0.2) is 10.6 Å². The molecule has 0 radical (unpaired) electrons. The van der Waals surface area contributed by atoms with Gasteiger partial charge in [0.1, 0.15) is 12.3 Å². The van der Waals surface area contributed by atoms with Gasteiger partial charge in [-0.2, -0.15) is 0 Å². The standard InChI is InChI=1S/C13H22N4O4/c1-10-8-11(15-21-10)14-12(18)9-17(6-5-7-20-4)13(19)16(2)3/h8H,5-7,9H2,1-4H3,(H,14,15,18). The Kier molecular flexibility index (Phi) is 6.67. The van der Waals surface area contributed by atoms with E-state index < -0.39 is 0 Å². The van der Waals surface area contributed by atoms with Crippen LogP contribution in [0.2, 0.25) is 0 Å². The SMILES string of the molecule is COCCCN(CC(=O)Nc1cc(C)on1)C(=O)N(C)C. The van der Waals surface area contributed by atoms with Crippen LogP contribution < -0.4 is 5.32 Å². The minimum absolute atomic E-state index is 0.0490. The largest absolute Gasteiger partial charge is 0.385 e. The molecule has 0 aliphatic carbocycles. The molecule has 0 atom stereocenters. The monoisotopic (exact) mass is 298 g/mol. The van der Waals surface area contributed by atoms with Gasteiger partial charge in [-0.05, 0) is 13.3 Å². The maximum atomic E-state index is 12.0. The molecule has 21 heavy (non-hydrogen) atoms. The van der Waals surface area contributed by atoms with Crippen LogP contribution in [0, 0.1) is 6.92 Å². The smallest absolute Gasteiger partial charge is 0.319 e. The maximum absolute atomic E-state index is 12.0. The van der Waals surface area contributed by atoms with Crippen LogP contribution in [0.4, 0.5) is 10.6 Å². The van der Waals surface area contributed by atoms with Crippen molar-refractivity contribution < 1.29 is 18.8 Å². The molecule has 1 aromatic heterocycles. The summed E-state index contributed by atoms with van der Waals surface area (Å²) in [7, 11) is 4.88. The van der Waals surface area contributed by atoms with Crippen LogP contribution >= 0.6 is 0 Å². The molecule has 1 N–H and O–H groups in total. The van der Waals surface area contributed by atoms with Crippen molar-refractivity contribution >= 4 is 17.8 Å². The lowest BCUT2D eigenvalue weighted by Gasteiger charge is -2.25. The van der Waals surface area contributed by atoms with Gasteiger partial charge >= 0.3 is 6.03 Å². The van der Waals surface area contributed by atoms with E-state index in [1.54, 1.807) is 34.2 Å². The van der Waals surface area contributed by atoms with Crippen molar-refractivity contribution in [3.8, 4) is 0 Å². The van der Waals surface area contributed by atoms with E-state index in [0.29, 0.717) is 31.2 Å². The Hall–Kier alpha value is -2.09. The Morgan fingerprint density at radius 1 is 1.43 bits per heavy atom. The number of anilines is 1. The van der Waals surface area contributed by atoms with E-state index in [1.807, 2.05) is 0 Å². The number of carbonyl (C=O) groups is 2. The highest BCUT2D eigenvalue weighted by atomic mass is 16.5. The van der Waals surface area contributed by atoms with Gasteiger partial charge in [-0.1, -0.05) is 5.16 Å². The second kappa shape index (κ2) is 8.25. The summed E-state index contributed by atoms with van der Waals surface area (Å²) in [5.41, 5.74) is 0. The quantitative estimate of drug-likeness (QED) is 0.757. The van der Waals surface area contributed by atoms with E-state index in [4.69, 9.17) is 9.26 Å². The van der Waals surface area contributed by atoms with Gasteiger partial charge in [0, 0.05) is 40.4 Å². The molecule has 8 nitrogen and oxygen atoms in total. The van der Waals surface area contributed by atoms with E-state index in [2.05, 4.69) is 10.5 Å². The number of amides is 3. The Labute approximate surface area is 124 Å². The molecule has 3 amide bonds. The molecule has 0 saturated heterocycles. The third-order valence-corrected chi connectivity index (χ3v) is 2.66. The average molecular weight is 298 g/mol. The van der Waals surface area contributed by atoms with Crippen molar-refractivity contribution in [2.45, 2.75) is 13.3 Å². The minimum Gasteiger partial charge on any atom is -0.385 e. The van der Waals surface area contributed by atoms with Crippen LogP contribution in [-0.2, 0) is 9.53 Å². The lowest BCUT2D eigenvalue weighted by molar-refractivity contribution is -0.117. The first kappa shape index (κ1) is 17.0. The Morgan fingerprint density at radius 2 is 2.14 bits per heavy atom. The third kappa shape index (κ3) is 5.82. The van der Waals surface area contributed by atoms with Crippen LogP contribution in [-0.4, -0.2) is 67.8 Å². The Bertz CT molecular complexity index is 472. The molecule has 0 bridgehead atoms. The first-order chi connectivity index (χ1) is 9.93. The third-order valence-electron chi connectivity index (χ3n) is 2.66. The van der Waals surface area contributed by atoms with Gasteiger partial charge < -0.3 is 24.4 Å². The Morgan fingerprint density at radius 3 is 2.67 bits per heavy atom. The molecule has 0 aromatic carbocycles. The molecule has 0 aliphatic heterocycles. The van der Waals surface area contributed by atoms with Crippen molar-refractivity contribution in [1.82, 2.24) is 15.0 Å². The van der Waals surface area contributed by atoms with Gasteiger partial charge in [-0.15, -0.1) is 0 Å². The molecule has 8 heteroatoms. The predicted octanol–water partition coefficient (Wildman–Crippen LogP) is 0.942. The number of rotatable bonds is 7. The minimum atomic E-state index is -0.323. The van der Waals surface area contributed by atoms with Crippen molar-refractivity contribution in [3.63, 3.8) is 0 Å². The number of ether oxygens (including phenoxy) is 1. The van der Waals surface area contributed by atoms with Crippen molar-refractivity contribution in [1.29, 1.82) is 0 Å². The average Bonchev–Trinajstić information content (AvgIpc) is 2.82. The number of aryl methyl sites for hydroxylation is 1. The van der Waals surface area contributed by atoms with Gasteiger partial charge in [-0.25, -0.2) is 4.79 Å². The summed E-state index contributed by atoms with van der Waals surface area (Å²) < 4.78 is 9.83. The molecule has 1 rings (SSSR count). The van der Waals surface area contributed by atoms with Crippen LogP contribution in [0.3, 0.4) is 0 Å². The van der Waals surface area contributed by atoms with Gasteiger partial charge in [0.25, 0.3) is 0 Å². The van der Waals surface area contributed by atoms with E-state index in [0.717, 1.165) is 0 Å². The molecule has 1 heterocycles. The van der Waals surface area contributed by atoms with Gasteiger partial charge in [0.05, 0.1) is 0 Å². The number of methoxy groups -OCH3 is 1. The summed E-state index contributed by atoms with van der Waals surface area (Å²) in [5, 5.41) is 6.27. The molecular weight excluding hydrogens is 276 g/mol. The lowest BCUT2D eigenvalue weighted by Crippen LogP contribution is -2.44. The number of urea groups is 1. The zero-order valence-electron chi connectivity index (χ0n) is 12.9. The zero-order valence-corrected chi connectivity index (χ0v) is 12.9. The summed E-state index contributed by atoms with van der Waals surface area (Å²) in [6.07, 6.45) is 0.659. The second-order valence-corrected chi connectivity index (χ2v) is 4.82. The highest BCUT2D eigenvalue weighted by molar-refractivity contribution is 5.93. The molecule has 1 aromatic rings. The number of aromatic nitrogens is 1. The first-order valence-electron chi connectivity index (χ1n) is 6.62. The summed E-state index contributed by atoms with van der Waals surface area (Å²) in [6.45, 7) is 2.65. The van der Waals surface area contributed by atoms with Gasteiger partial charge in [0.2, 0.25) is 5.91 Å². The van der Waals surface area contributed by atoms with Crippen LogP contribution in [0.25, 0.3) is 0 Å². The molecule has 0 unspecified atom stereocenters. The molecule has 118 valence electrons. The first-order valence-corrected chi connectivity index (χ1v) is 6.62. The fraction of sp³-hybridized carbons (Fsp3) is 0.615. The van der Waals surface area contributed by atoms with E-state index in [9.17, 15) is 9.59 Å². The van der Waals surface area contributed by atoms with Crippen molar-refractivity contribution in [2.75, 3.05) is 46.2 Å². The summed E-state index contributed by atoms with van der Waals surface area (Å²) in [6, 6.07) is 1.39.